The maximum Gasteiger partial charge on any atom is 0.247 e. The van der Waals surface area contributed by atoms with Crippen LogP contribution < -0.4 is 14.4 Å². The van der Waals surface area contributed by atoms with E-state index >= 15 is 0 Å². The van der Waals surface area contributed by atoms with Crippen molar-refractivity contribution in [1.29, 1.82) is 0 Å². The number of amides is 1. The summed E-state index contributed by atoms with van der Waals surface area (Å²) in [5.74, 6) is -0.0442. The second-order valence-corrected chi connectivity index (χ2v) is 8.87. The van der Waals surface area contributed by atoms with Gasteiger partial charge in [0.05, 0.1) is 19.1 Å². The van der Waals surface area contributed by atoms with Gasteiger partial charge in [0.25, 0.3) is 0 Å². The van der Waals surface area contributed by atoms with Gasteiger partial charge in [-0.3, -0.25) is 9.10 Å². The summed E-state index contributed by atoms with van der Waals surface area (Å²) in [5, 5.41) is 2.79. The molecule has 0 saturated carbocycles. The molecule has 2 aromatic carbocycles. The van der Waals surface area contributed by atoms with E-state index in [1.807, 2.05) is 37.4 Å². The van der Waals surface area contributed by atoms with Crippen LogP contribution in [0.1, 0.15) is 12.5 Å². The molecule has 0 saturated heterocycles. The lowest BCUT2D eigenvalue weighted by molar-refractivity contribution is -0.116. The fourth-order valence-corrected chi connectivity index (χ4v) is 4.33. The monoisotopic (exact) mass is 408 g/mol. The van der Waals surface area contributed by atoms with Crippen molar-refractivity contribution in [3.05, 3.63) is 48.0 Å². The normalized spacial score (nSPS) is 12.3. The van der Waals surface area contributed by atoms with Gasteiger partial charge < -0.3 is 10.1 Å². The largest absolute Gasteiger partial charge is 0.495 e. The molecule has 0 bridgehead atoms. The number of thioether (sulfide) groups is 1. The number of rotatable bonds is 7. The summed E-state index contributed by atoms with van der Waals surface area (Å²) in [6.45, 7) is 3.40. The van der Waals surface area contributed by atoms with Gasteiger partial charge in [0, 0.05) is 10.6 Å². The third-order valence-electron chi connectivity index (χ3n) is 4.00. The molecular formula is C19H24N2O4S2. The molecule has 0 aliphatic heterocycles. The standard InChI is InChI=1S/C19H24N2O4S2/c1-13-9-10-18(25-3)17(11-13)21(27(5,23)24)14(2)19(22)20-15-7-6-8-16(12-15)26-4/h6-12,14H,1-5H3,(H,20,22). The van der Waals surface area contributed by atoms with E-state index in [2.05, 4.69) is 5.32 Å². The highest BCUT2D eigenvalue weighted by atomic mass is 32.2. The van der Waals surface area contributed by atoms with E-state index in [0.29, 0.717) is 17.1 Å². The van der Waals surface area contributed by atoms with Crippen LogP contribution in [-0.4, -0.2) is 40.0 Å². The Kier molecular flexibility index (Phi) is 6.78. The van der Waals surface area contributed by atoms with Gasteiger partial charge >= 0.3 is 0 Å². The van der Waals surface area contributed by atoms with Crippen LogP contribution in [0.5, 0.6) is 5.75 Å². The molecule has 8 heteroatoms. The molecule has 0 aliphatic rings. The molecule has 1 N–H and O–H groups in total. The van der Waals surface area contributed by atoms with Gasteiger partial charge in [-0.2, -0.15) is 0 Å². The van der Waals surface area contributed by atoms with E-state index in [1.54, 1.807) is 36.9 Å². The van der Waals surface area contributed by atoms with Crippen LogP contribution in [-0.2, 0) is 14.8 Å². The van der Waals surface area contributed by atoms with E-state index < -0.39 is 22.0 Å². The number of hydrogen-bond donors (Lipinski definition) is 1. The molecule has 0 aliphatic carbocycles. The quantitative estimate of drug-likeness (QED) is 0.710. The number of carbonyl (C=O) groups is 1. The minimum Gasteiger partial charge on any atom is -0.495 e. The first-order valence-corrected chi connectivity index (χ1v) is 11.3. The van der Waals surface area contributed by atoms with Crippen LogP contribution in [0.4, 0.5) is 11.4 Å². The Morgan fingerprint density at radius 3 is 2.52 bits per heavy atom. The highest BCUT2D eigenvalue weighted by Gasteiger charge is 2.31. The molecule has 1 amide bonds. The number of nitrogens with one attached hydrogen (secondary N) is 1. The second-order valence-electron chi connectivity index (χ2n) is 6.13. The Morgan fingerprint density at radius 1 is 1.22 bits per heavy atom. The van der Waals surface area contributed by atoms with Crippen molar-refractivity contribution in [2.75, 3.05) is 29.2 Å². The summed E-state index contributed by atoms with van der Waals surface area (Å²) in [7, 11) is -2.26. The van der Waals surface area contributed by atoms with E-state index in [1.165, 1.54) is 7.11 Å². The maximum atomic E-state index is 12.8. The van der Waals surface area contributed by atoms with Crippen LogP contribution in [0, 0.1) is 6.92 Å². The number of benzene rings is 2. The zero-order valence-corrected chi connectivity index (χ0v) is 17.6. The summed E-state index contributed by atoms with van der Waals surface area (Å²) in [4.78, 5) is 13.8. The summed E-state index contributed by atoms with van der Waals surface area (Å²) < 4.78 is 31.4. The zero-order valence-electron chi connectivity index (χ0n) is 16.0. The van der Waals surface area contributed by atoms with E-state index in [9.17, 15) is 13.2 Å². The Morgan fingerprint density at radius 2 is 1.93 bits per heavy atom. The van der Waals surface area contributed by atoms with Crippen LogP contribution in [0.25, 0.3) is 0 Å². The molecule has 6 nitrogen and oxygen atoms in total. The number of aryl methyl sites for hydroxylation is 1. The van der Waals surface area contributed by atoms with Crippen molar-refractivity contribution in [2.45, 2.75) is 24.8 Å². The summed E-state index contributed by atoms with van der Waals surface area (Å²) >= 11 is 1.56. The lowest BCUT2D eigenvalue weighted by Crippen LogP contribution is -2.45. The molecule has 27 heavy (non-hydrogen) atoms. The Labute approximate surface area is 165 Å². The van der Waals surface area contributed by atoms with Gasteiger partial charge in [0.2, 0.25) is 15.9 Å². The number of nitrogens with zero attached hydrogens (tertiary/aromatic N) is 1. The third-order valence-corrected chi connectivity index (χ3v) is 5.95. The molecule has 0 heterocycles. The molecular weight excluding hydrogens is 384 g/mol. The van der Waals surface area contributed by atoms with Crippen LogP contribution in [0.15, 0.2) is 47.4 Å². The fraction of sp³-hybridized carbons (Fsp3) is 0.316. The van der Waals surface area contributed by atoms with Crippen molar-refractivity contribution >= 4 is 39.1 Å². The summed E-state index contributed by atoms with van der Waals surface area (Å²) in [6.07, 6.45) is 3.02. The molecule has 2 aromatic rings. The summed E-state index contributed by atoms with van der Waals surface area (Å²) in [6, 6.07) is 11.6. The molecule has 1 atom stereocenters. The lowest BCUT2D eigenvalue weighted by Gasteiger charge is -2.29. The van der Waals surface area contributed by atoms with E-state index in [0.717, 1.165) is 21.0 Å². The Hall–Kier alpha value is -2.19. The van der Waals surface area contributed by atoms with Crippen molar-refractivity contribution in [2.24, 2.45) is 0 Å². The van der Waals surface area contributed by atoms with Gasteiger partial charge in [-0.15, -0.1) is 11.8 Å². The molecule has 0 radical (unpaired) electrons. The second kappa shape index (κ2) is 8.67. The highest BCUT2D eigenvalue weighted by Crippen LogP contribution is 2.33. The summed E-state index contributed by atoms with van der Waals surface area (Å²) in [5.41, 5.74) is 1.81. The number of sulfonamides is 1. The highest BCUT2D eigenvalue weighted by molar-refractivity contribution is 7.98. The van der Waals surface area contributed by atoms with Gasteiger partial charge in [-0.1, -0.05) is 12.1 Å². The number of methoxy groups -OCH3 is 1. The number of carbonyl (C=O) groups excluding carboxylic acids is 1. The lowest BCUT2D eigenvalue weighted by atomic mass is 10.2. The van der Waals surface area contributed by atoms with Gasteiger partial charge in [-0.25, -0.2) is 8.42 Å². The topological polar surface area (TPSA) is 75.7 Å². The maximum absolute atomic E-state index is 12.8. The van der Waals surface area contributed by atoms with Crippen molar-refractivity contribution in [3.8, 4) is 5.75 Å². The average molecular weight is 409 g/mol. The predicted molar refractivity (Wildman–Crippen MR) is 111 cm³/mol. The fourth-order valence-electron chi connectivity index (χ4n) is 2.70. The molecule has 0 spiro atoms. The average Bonchev–Trinajstić information content (AvgIpc) is 2.61. The van der Waals surface area contributed by atoms with Crippen molar-refractivity contribution in [3.63, 3.8) is 0 Å². The smallest absolute Gasteiger partial charge is 0.247 e. The predicted octanol–water partition coefficient (Wildman–Crippen LogP) is 3.52. The molecule has 146 valence electrons. The molecule has 1 unspecified atom stereocenters. The molecule has 0 aromatic heterocycles. The van der Waals surface area contributed by atoms with E-state index in [4.69, 9.17) is 4.74 Å². The van der Waals surface area contributed by atoms with Crippen LogP contribution in [0.2, 0.25) is 0 Å². The molecule has 2 rings (SSSR count). The molecule has 0 fully saturated rings. The van der Waals surface area contributed by atoms with Crippen molar-refractivity contribution < 1.29 is 17.9 Å². The van der Waals surface area contributed by atoms with Gasteiger partial charge in [0.15, 0.2) is 0 Å². The van der Waals surface area contributed by atoms with Gasteiger partial charge in [-0.05, 0) is 56.0 Å². The van der Waals surface area contributed by atoms with Crippen LogP contribution >= 0.6 is 11.8 Å². The Bertz CT molecular complexity index is 929. The number of hydrogen-bond acceptors (Lipinski definition) is 5. The SMILES string of the molecule is COc1ccc(C)cc1N(C(C)C(=O)Nc1cccc(SC)c1)S(C)(=O)=O. The third kappa shape index (κ3) is 5.17. The number of anilines is 2. The van der Waals surface area contributed by atoms with Gasteiger partial charge in [0.1, 0.15) is 11.8 Å². The first-order chi connectivity index (χ1) is 12.7. The Balaban J connectivity index is 2.39. The van der Waals surface area contributed by atoms with E-state index in [-0.39, 0.29) is 0 Å². The zero-order chi connectivity index (χ0) is 20.2. The number of ether oxygens (including phenoxy) is 1. The minimum absolute atomic E-state index is 0.334. The minimum atomic E-state index is -3.73. The first-order valence-electron chi connectivity index (χ1n) is 8.26. The van der Waals surface area contributed by atoms with Crippen molar-refractivity contribution in [1.82, 2.24) is 0 Å². The van der Waals surface area contributed by atoms with Crippen LogP contribution in [0.3, 0.4) is 0 Å². The first kappa shape index (κ1) is 21.1.